The first-order valence-corrected chi connectivity index (χ1v) is 9.29. The smallest absolute Gasteiger partial charge is 0.0310 e. The Labute approximate surface area is 126 Å². The molecule has 1 aliphatic carbocycles. The molecule has 0 amide bonds. The van der Waals surface area contributed by atoms with Gasteiger partial charge in [-0.1, -0.05) is 58.8 Å². The van der Waals surface area contributed by atoms with Crippen molar-refractivity contribution in [1.29, 1.82) is 0 Å². The van der Waals surface area contributed by atoms with Crippen LogP contribution in [0.25, 0.3) is 0 Å². The minimum absolute atomic E-state index is 0.547. The molecule has 20 heavy (non-hydrogen) atoms. The van der Waals surface area contributed by atoms with Crippen LogP contribution in [-0.2, 0) is 0 Å². The Morgan fingerprint density at radius 1 is 0.950 bits per heavy atom. The Balaban J connectivity index is 1.73. The summed E-state index contributed by atoms with van der Waals surface area (Å²) < 4.78 is 0. The van der Waals surface area contributed by atoms with Crippen LogP contribution in [0.2, 0.25) is 0 Å². The van der Waals surface area contributed by atoms with Crippen molar-refractivity contribution < 1.29 is 0 Å². The molecule has 1 heterocycles. The van der Waals surface area contributed by atoms with Gasteiger partial charge in [-0.15, -0.1) is 0 Å². The van der Waals surface area contributed by atoms with Gasteiger partial charge in [0.2, 0.25) is 0 Å². The van der Waals surface area contributed by atoms with E-state index in [0.717, 1.165) is 6.04 Å². The number of hydrogen-bond donors (Lipinski definition) is 1. The van der Waals surface area contributed by atoms with E-state index in [2.05, 4.69) is 24.1 Å². The third-order valence-electron chi connectivity index (χ3n) is 5.31. The zero-order valence-electron chi connectivity index (χ0n) is 13.9. The molecule has 1 saturated heterocycles. The van der Waals surface area contributed by atoms with Gasteiger partial charge in [0.05, 0.1) is 0 Å². The SMILES string of the molecule is CCCCCCCC(CCCC)N1CCNC2(CC2)C1. The fourth-order valence-electron chi connectivity index (χ4n) is 3.72. The minimum Gasteiger partial charge on any atom is -0.309 e. The Morgan fingerprint density at radius 2 is 1.65 bits per heavy atom. The quantitative estimate of drug-likeness (QED) is 0.599. The van der Waals surface area contributed by atoms with Crippen molar-refractivity contribution in [1.82, 2.24) is 10.2 Å². The van der Waals surface area contributed by atoms with Crippen LogP contribution in [0.1, 0.15) is 84.5 Å². The lowest BCUT2D eigenvalue weighted by atomic mass is 9.98. The van der Waals surface area contributed by atoms with E-state index in [1.807, 2.05) is 0 Å². The Morgan fingerprint density at radius 3 is 2.35 bits per heavy atom. The van der Waals surface area contributed by atoms with Crippen molar-refractivity contribution in [3.8, 4) is 0 Å². The summed E-state index contributed by atoms with van der Waals surface area (Å²) in [5.74, 6) is 0. The average Bonchev–Trinajstić information content (AvgIpc) is 3.21. The lowest BCUT2D eigenvalue weighted by Gasteiger charge is -2.39. The second-order valence-corrected chi connectivity index (χ2v) is 7.18. The molecular formula is C18H36N2. The minimum atomic E-state index is 0.547. The van der Waals surface area contributed by atoms with Crippen LogP contribution >= 0.6 is 0 Å². The number of hydrogen-bond acceptors (Lipinski definition) is 2. The maximum absolute atomic E-state index is 3.75. The molecule has 1 aliphatic heterocycles. The highest BCUT2D eigenvalue weighted by Gasteiger charge is 2.46. The van der Waals surface area contributed by atoms with Crippen LogP contribution in [0.5, 0.6) is 0 Å². The first kappa shape index (κ1) is 16.3. The van der Waals surface area contributed by atoms with Crippen molar-refractivity contribution in [2.45, 2.75) is 96.1 Å². The summed E-state index contributed by atoms with van der Waals surface area (Å²) >= 11 is 0. The second kappa shape index (κ2) is 8.38. The molecule has 1 saturated carbocycles. The molecule has 2 heteroatoms. The molecule has 0 aromatic carbocycles. The Hall–Kier alpha value is -0.0800. The summed E-state index contributed by atoms with van der Waals surface area (Å²) in [6.07, 6.45) is 15.6. The molecule has 1 N–H and O–H groups in total. The van der Waals surface area contributed by atoms with Crippen LogP contribution in [0.4, 0.5) is 0 Å². The topological polar surface area (TPSA) is 15.3 Å². The predicted molar refractivity (Wildman–Crippen MR) is 88.2 cm³/mol. The molecule has 2 rings (SSSR count). The molecule has 1 unspecified atom stereocenters. The number of piperazine rings is 1. The van der Waals surface area contributed by atoms with Gasteiger partial charge in [-0.2, -0.15) is 0 Å². The van der Waals surface area contributed by atoms with E-state index >= 15 is 0 Å². The number of nitrogens with zero attached hydrogens (tertiary/aromatic N) is 1. The summed E-state index contributed by atoms with van der Waals surface area (Å²) in [4.78, 5) is 2.83. The predicted octanol–water partition coefficient (Wildman–Crippen LogP) is 4.34. The maximum Gasteiger partial charge on any atom is 0.0310 e. The first-order valence-electron chi connectivity index (χ1n) is 9.29. The molecule has 1 spiro atoms. The van der Waals surface area contributed by atoms with Gasteiger partial charge in [-0.3, -0.25) is 4.90 Å². The molecule has 1 atom stereocenters. The number of unbranched alkanes of at least 4 members (excludes halogenated alkanes) is 5. The summed E-state index contributed by atoms with van der Waals surface area (Å²) in [5.41, 5.74) is 0.547. The van der Waals surface area contributed by atoms with Crippen molar-refractivity contribution in [2.24, 2.45) is 0 Å². The average molecular weight is 280 g/mol. The van der Waals surface area contributed by atoms with Gasteiger partial charge in [0.25, 0.3) is 0 Å². The van der Waals surface area contributed by atoms with Crippen molar-refractivity contribution in [3.05, 3.63) is 0 Å². The van der Waals surface area contributed by atoms with E-state index in [-0.39, 0.29) is 0 Å². The van der Waals surface area contributed by atoms with Gasteiger partial charge in [0.15, 0.2) is 0 Å². The van der Waals surface area contributed by atoms with E-state index in [4.69, 9.17) is 0 Å². The van der Waals surface area contributed by atoms with Crippen molar-refractivity contribution in [2.75, 3.05) is 19.6 Å². The molecule has 2 nitrogen and oxygen atoms in total. The van der Waals surface area contributed by atoms with Gasteiger partial charge in [-0.25, -0.2) is 0 Å². The summed E-state index contributed by atoms with van der Waals surface area (Å²) in [5, 5.41) is 3.75. The Kier molecular flexibility index (Phi) is 6.83. The standard InChI is InChI=1S/C18H36N2/c1-3-5-7-8-9-11-17(10-6-4-2)20-15-14-19-18(16-20)12-13-18/h17,19H,3-16H2,1-2H3. The van der Waals surface area contributed by atoms with Gasteiger partial charge in [0, 0.05) is 31.2 Å². The van der Waals surface area contributed by atoms with Crippen molar-refractivity contribution in [3.63, 3.8) is 0 Å². The molecule has 2 aliphatic rings. The highest BCUT2D eigenvalue weighted by atomic mass is 15.3. The van der Waals surface area contributed by atoms with Gasteiger partial charge >= 0.3 is 0 Å². The highest BCUT2D eigenvalue weighted by Crippen LogP contribution is 2.38. The lowest BCUT2D eigenvalue weighted by molar-refractivity contribution is 0.119. The second-order valence-electron chi connectivity index (χ2n) is 7.18. The van der Waals surface area contributed by atoms with Crippen LogP contribution in [-0.4, -0.2) is 36.1 Å². The van der Waals surface area contributed by atoms with Crippen LogP contribution in [0, 0.1) is 0 Å². The number of rotatable bonds is 10. The molecule has 0 aromatic rings. The van der Waals surface area contributed by atoms with E-state index in [1.165, 1.54) is 90.3 Å². The van der Waals surface area contributed by atoms with Gasteiger partial charge in [-0.05, 0) is 25.7 Å². The van der Waals surface area contributed by atoms with Gasteiger partial charge < -0.3 is 5.32 Å². The third kappa shape index (κ3) is 5.04. The monoisotopic (exact) mass is 280 g/mol. The largest absolute Gasteiger partial charge is 0.309 e. The van der Waals surface area contributed by atoms with Crippen LogP contribution < -0.4 is 5.32 Å². The van der Waals surface area contributed by atoms with E-state index in [0.29, 0.717) is 5.54 Å². The van der Waals surface area contributed by atoms with Crippen LogP contribution in [0.3, 0.4) is 0 Å². The fraction of sp³-hybridized carbons (Fsp3) is 1.00. The molecule has 0 bridgehead atoms. The third-order valence-corrected chi connectivity index (χ3v) is 5.31. The highest BCUT2D eigenvalue weighted by molar-refractivity contribution is 5.07. The molecular weight excluding hydrogens is 244 g/mol. The zero-order chi connectivity index (χ0) is 14.3. The Bertz CT molecular complexity index is 260. The van der Waals surface area contributed by atoms with Crippen LogP contribution in [0.15, 0.2) is 0 Å². The fourth-order valence-corrected chi connectivity index (χ4v) is 3.72. The lowest BCUT2D eigenvalue weighted by Crippen LogP contribution is -2.55. The summed E-state index contributed by atoms with van der Waals surface area (Å²) in [6.45, 7) is 8.47. The first-order chi connectivity index (χ1) is 9.79. The maximum atomic E-state index is 3.75. The molecule has 118 valence electrons. The molecule has 2 fully saturated rings. The normalized spacial score (nSPS) is 23.1. The zero-order valence-corrected chi connectivity index (χ0v) is 13.9. The van der Waals surface area contributed by atoms with E-state index in [9.17, 15) is 0 Å². The van der Waals surface area contributed by atoms with E-state index < -0.39 is 0 Å². The summed E-state index contributed by atoms with van der Waals surface area (Å²) in [7, 11) is 0. The van der Waals surface area contributed by atoms with Gasteiger partial charge in [0.1, 0.15) is 0 Å². The molecule has 0 radical (unpaired) electrons. The molecule has 0 aromatic heterocycles. The van der Waals surface area contributed by atoms with Crippen molar-refractivity contribution >= 4 is 0 Å². The summed E-state index contributed by atoms with van der Waals surface area (Å²) in [6, 6.07) is 0.871. The van der Waals surface area contributed by atoms with E-state index in [1.54, 1.807) is 0 Å². The number of nitrogens with one attached hydrogen (secondary N) is 1.